The average Bonchev–Trinajstić information content (AvgIpc) is 2.91. The van der Waals surface area contributed by atoms with E-state index in [2.05, 4.69) is 5.32 Å². The van der Waals surface area contributed by atoms with Gasteiger partial charge >= 0.3 is 0 Å². The number of halogens is 2. The van der Waals surface area contributed by atoms with Crippen LogP contribution < -0.4 is 5.32 Å². The Kier molecular flexibility index (Phi) is 5.28. The van der Waals surface area contributed by atoms with Crippen LogP contribution >= 0.6 is 23.2 Å². The highest BCUT2D eigenvalue weighted by atomic mass is 35.5. The van der Waals surface area contributed by atoms with Gasteiger partial charge in [-0.25, -0.2) is 0 Å². The number of rotatable bonds is 5. The van der Waals surface area contributed by atoms with E-state index in [0.717, 1.165) is 5.56 Å². The summed E-state index contributed by atoms with van der Waals surface area (Å²) in [5, 5.41) is 3.77. The molecule has 0 bridgehead atoms. The number of ether oxygens (including phenoxy) is 1. The minimum absolute atomic E-state index is 0.219. The lowest BCUT2D eigenvalue weighted by Gasteiger charge is -2.14. The Morgan fingerprint density at radius 2 is 2.05 bits per heavy atom. The summed E-state index contributed by atoms with van der Waals surface area (Å²) in [5.74, 6) is 0.551. The lowest BCUT2D eigenvalue weighted by Crippen LogP contribution is -2.26. The smallest absolute Gasteiger partial charge is 0.287 e. The van der Waals surface area contributed by atoms with Crippen LogP contribution in [0.1, 0.15) is 34.8 Å². The van der Waals surface area contributed by atoms with E-state index in [0.29, 0.717) is 22.4 Å². The summed E-state index contributed by atoms with van der Waals surface area (Å²) in [6.45, 7) is 2.19. The third kappa shape index (κ3) is 4.00. The van der Waals surface area contributed by atoms with E-state index in [1.165, 1.54) is 0 Å². The molecule has 1 amide bonds. The second-order valence-electron chi connectivity index (χ2n) is 4.57. The zero-order valence-corrected chi connectivity index (χ0v) is 13.2. The average molecular weight is 328 g/mol. The van der Waals surface area contributed by atoms with E-state index >= 15 is 0 Å². The van der Waals surface area contributed by atoms with Gasteiger partial charge in [-0.05, 0) is 36.8 Å². The summed E-state index contributed by atoms with van der Waals surface area (Å²) in [6, 6.07) is 8.35. The van der Waals surface area contributed by atoms with Gasteiger partial charge in [0.1, 0.15) is 12.4 Å². The van der Waals surface area contributed by atoms with E-state index in [9.17, 15) is 4.79 Å². The Hall–Kier alpha value is -1.49. The third-order valence-corrected chi connectivity index (χ3v) is 3.70. The van der Waals surface area contributed by atoms with Gasteiger partial charge in [-0.2, -0.15) is 0 Å². The van der Waals surface area contributed by atoms with E-state index in [-0.39, 0.29) is 17.7 Å². The number of furan rings is 1. The molecule has 2 aromatic rings. The molecule has 0 aliphatic heterocycles. The highest BCUT2D eigenvalue weighted by Crippen LogP contribution is 2.25. The van der Waals surface area contributed by atoms with Crippen molar-refractivity contribution in [1.82, 2.24) is 5.32 Å². The first-order valence-electron chi connectivity index (χ1n) is 6.34. The molecule has 0 aliphatic carbocycles. The van der Waals surface area contributed by atoms with Crippen molar-refractivity contribution < 1.29 is 13.9 Å². The summed E-state index contributed by atoms with van der Waals surface area (Å²) in [4.78, 5) is 12.1. The Bertz CT molecular complexity index is 640. The van der Waals surface area contributed by atoms with Gasteiger partial charge in [-0.1, -0.05) is 29.3 Å². The van der Waals surface area contributed by atoms with Gasteiger partial charge in [-0.15, -0.1) is 0 Å². The molecule has 4 nitrogen and oxygen atoms in total. The van der Waals surface area contributed by atoms with Crippen molar-refractivity contribution in [2.75, 3.05) is 7.11 Å². The minimum atomic E-state index is -0.295. The van der Waals surface area contributed by atoms with Crippen molar-refractivity contribution >= 4 is 29.1 Å². The number of hydrogen-bond donors (Lipinski definition) is 1. The largest absolute Gasteiger partial charge is 0.453 e. The molecular formula is C15H15Cl2NO3. The Labute approximate surface area is 133 Å². The van der Waals surface area contributed by atoms with Gasteiger partial charge in [0, 0.05) is 7.11 Å². The lowest BCUT2D eigenvalue weighted by molar-refractivity contribution is 0.0903. The van der Waals surface area contributed by atoms with Crippen LogP contribution in [0.3, 0.4) is 0 Å². The summed E-state index contributed by atoms with van der Waals surface area (Å²) < 4.78 is 10.3. The summed E-state index contributed by atoms with van der Waals surface area (Å²) >= 11 is 11.8. The van der Waals surface area contributed by atoms with Crippen molar-refractivity contribution in [2.45, 2.75) is 19.6 Å². The monoisotopic (exact) mass is 327 g/mol. The van der Waals surface area contributed by atoms with Crippen molar-refractivity contribution in [1.29, 1.82) is 0 Å². The maximum atomic E-state index is 12.1. The Morgan fingerprint density at radius 1 is 1.29 bits per heavy atom. The van der Waals surface area contributed by atoms with Crippen LogP contribution in [0.2, 0.25) is 10.0 Å². The molecule has 1 aromatic carbocycles. The molecule has 2 rings (SSSR count). The second kappa shape index (κ2) is 6.98. The van der Waals surface area contributed by atoms with E-state index in [1.54, 1.807) is 31.4 Å². The number of amides is 1. The fourth-order valence-electron chi connectivity index (χ4n) is 1.85. The predicted molar refractivity (Wildman–Crippen MR) is 81.8 cm³/mol. The van der Waals surface area contributed by atoms with Crippen molar-refractivity contribution in [3.63, 3.8) is 0 Å². The molecular weight excluding hydrogens is 313 g/mol. The van der Waals surface area contributed by atoms with Gasteiger partial charge < -0.3 is 14.5 Å². The molecule has 1 unspecified atom stereocenters. The molecule has 0 saturated heterocycles. The molecule has 21 heavy (non-hydrogen) atoms. The molecule has 0 radical (unpaired) electrons. The maximum Gasteiger partial charge on any atom is 0.287 e. The predicted octanol–water partition coefficient (Wildman–Crippen LogP) is 4.22. The lowest BCUT2D eigenvalue weighted by atomic mass is 10.1. The molecule has 112 valence electrons. The number of carbonyl (C=O) groups is 1. The quantitative estimate of drug-likeness (QED) is 0.894. The normalized spacial score (nSPS) is 12.2. The first-order chi connectivity index (χ1) is 10.0. The van der Waals surface area contributed by atoms with Gasteiger partial charge in [0.05, 0.1) is 16.1 Å². The van der Waals surface area contributed by atoms with Crippen LogP contribution in [0.25, 0.3) is 0 Å². The minimum Gasteiger partial charge on any atom is -0.453 e. The molecule has 6 heteroatoms. The van der Waals surface area contributed by atoms with Gasteiger partial charge in [0.25, 0.3) is 5.91 Å². The van der Waals surface area contributed by atoms with Gasteiger partial charge in [0.15, 0.2) is 5.76 Å². The van der Waals surface area contributed by atoms with Crippen LogP contribution in [0.5, 0.6) is 0 Å². The number of hydrogen-bond acceptors (Lipinski definition) is 3. The van der Waals surface area contributed by atoms with Crippen molar-refractivity contribution in [2.24, 2.45) is 0 Å². The van der Waals surface area contributed by atoms with E-state index < -0.39 is 0 Å². The molecule has 1 atom stereocenters. The van der Waals surface area contributed by atoms with Crippen molar-refractivity contribution in [3.05, 3.63) is 57.5 Å². The first-order valence-corrected chi connectivity index (χ1v) is 7.10. The molecule has 0 aliphatic rings. The summed E-state index contributed by atoms with van der Waals surface area (Å²) in [5.41, 5.74) is 0.862. The fraction of sp³-hybridized carbons (Fsp3) is 0.267. The molecule has 0 spiro atoms. The maximum absolute atomic E-state index is 12.1. The zero-order chi connectivity index (χ0) is 15.4. The number of methoxy groups -OCH3 is 1. The van der Waals surface area contributed by atoms with Crippen LogP contribution in [0.4, 0.5) is 0 Å². The Morgan fingerprint density at radius 3 is 2.71 bits per heavy atom. The van der Waals surface area contributed by atoms with Gasteiger partial charge in [-0.3, -0.25) is 4.79 Å². The highest BCUT2D eigenvalue weighted by Gasteiger charge is 2.15. The van der Waals surface area contributed by atoms with Crippen LogP contribution in [-0.2, 0) is 11.3 Å². The molecule has 1 aromatic heterocycles. The summed E-state index contributed by atoms with van der Waals surface area (Å²) in [7, 11) is 1.56. The summed E-state index contributed by atoms with van der Waals surface area (Å²) in [6.07, 6.45) is 0. The number of nitrogens with one attached hydrogen (secondary N) is 1. The molecule has 1 heterocycles. The van der Waals surface area contributed by atoms with Crippen molar-refractivity contribution in [3.8, 4) is 0 Å². The van der Waals surface area contributed by atoms with E-state index in [4.69, 9.17) is 32.4 Å². The third-order valence-electron chi connectivity index (χ3n) is 2.96. The van der Waals surface area contributed by atoms with E-state index in [1.807, 2.05) is 13.0 Å². The molecule has 0 saturated carbocycles. The SMILES string of the molecule is COCc1ccc(C(=O)NC(C)c2ccc(Cl)c(Cl)c2)o1. The molecule has 0 fully saturated rings. The zero-order valence-electron chi connectivity index (χ0n) is 11.7. The van der Waals surface area contributed by atoms with Crippen LogP contribution in [0, 0.1) is 0 Å². The molecule has 1 N–H and O–H groups in total. The standard InChI is InChI=1S/C15H15Cl2NO3/c1-9(10-3-5-12(16)13(17)7-10)18-15(19)14-6-4-11(21-14)8-20-2/h3-7,9H,8H2,1-2H3,(H,18,19). The van der Waals surface area contributed by atoms with Gasteiger partial charge in [0.2, 0.25) is 0 Å². The number of benzene rings is 1. The Balaban J connectivity index is 2.05. The second-order valence-corrected chi connectivity index (χ2v) is 5.38. The number of carbonyl (C=O) groups excluding carboxylic acids is 1. The topological polar surface area (TPSA) is 51.5 Å². The first kappa shape index (κ1) is 15.9. The van der Waals surface area contributed by atoms with Crippen LogP contribution in [-0.4, -0.2) is 13.0 Å². The highest BCUT2D eigenvalue weighted by molar-refractivity contribution is 6.42. The van der Waals surface area contributed by atoms with Crippen LogP contribution in [0.15, 0.2) is 34.7 Å². The fourth-order valence-corrected chi connectivity index (χ4v) is 2.16.